The van der Waals surface area contributed by atoms with E-state index < -0.39 is 14.1 Å². The predicted octanol–water partition coefficient (Wildman–Crippen LogP) is 3.29. The van der Waals surface area contributed by atoms with Gasteiger partial charge in [0, 0.05) is 32.2 Å². The van der Waals surface area contributed by atoms with Crippen LogP contribution in [-0.2, 0) is 18.8 Å². The molecular weight excluding hydrogens is 533 g/mol. The SMILES string of the molecule is CC1CC(COP(NC2(C=O)CC2)Oc2ccc(Cl)cc2)O[C@H]1N1CNc2c(N(C)N)ncnc21.COC. The molecule has 0 radical (unpaired) electrons. The van der Waals surface area contributed by atoms with Gasteiger partial charge in [-0.1, -0.05) is 18.5 Å². The molecule has 3 aliphatic rings. The van der Waals surface area contributed by atoms with Gasteiger partial charge in [-0.3, -0.25) is 5.01 Å². The number of methoxy groups -OCH3 is 1. The normalized spacial score (nSPS) is 23.5. The van der Waals surface area contributed by atoms with Gasteiger partial charge >= 0.3 is 8.53 Å². The third kappa shape index (κ3) is 6.81. The molecule has 2 aromatic rings. The maximum Gasteiger partial charge on any atom is 0.319 e. The van der Waals surface area contributed by atoms with Crippen LogP contribution in [0.4, 0.5) is 17.3 Å². The van der Waals surface area contributed by atoms with Crippen molar-refractivity contribution in [3.05, 3.63) is 35.6 Å². The molecule has 1 aromatic carbocycles. The first-order valence-electron chi connectivity index (χ1n) is 12.3. The third-order valence-electron chi connectivity index (χ3n) is 6.31. The van der Waals surface area contributed by atoms with Crippen molar-refractivity contribution in [3.8, 4) is 5.75 Å². The molecule has 2 aliphatic heterocycles. The predicted molar refractivity (Wildman–Crippen MR) is 147 cm³/mol. The Morgan fingerprint density at radius 2 is 2.05 bits per heavy atom. The smallest absolute Gasteiger partial charge is 0.319 e. The molecule has 3 unspecified atom stereocenters. The Hall–Kier alpha value is -2.31. The number of aromatic nitrogens is 2. The van der Waals surface area contributed by atoms with Crippen LogP contribution < -0.4 is 30.7 Å². The number of aldehydes is 1. The highest BCUT2D eigenvalue weighted by atomic mass is 35.5. The molecule has 38 heavy (non-hydrogen) atoms. The first-order chi connectivity index (χ1) is 18.3. The number of carbonyl (C=O) groups excluding carboxylic acids is 1. The summed E-state index contributed by atoms with van der Waals surface area (Å²) in [6.45, 7) is 3.03. The van der Waals surface area contributed by atoms with Crippen molar-refractivity contribution in [2.75, 3.05) is 49.8 Å². The van der Waals surface area contributed by atoms with Gasteiger partial charge in [0.2, 0.25) is 0 Å². The summed E-state index contributed by atoms with van der Waals surface area (Å²) in [6.07, 6.45) is 4.48. The largest absolute Gasteiger partial charge is 0.436 e. The van der Waals surface area contributed by atoms with Crippen LogP contribution in [0, 0.1) is 5.92 Å². The number of hydrazine groups is 1. The van der Waals surface area contributed by atoms with Crippen molar-refractivity contribution < 1.29 is 23.3 Å². The molecule has 0 spiro atoms. The Kier molecular flexibility index (Phi) is 9.59. The Bertz CT molecular complexity index is 1080. The lowest BCUT2D eigenvalue weighted by Crippen LogP contribution is -2.39. The second kappa shape index (κ2) is 12.7. The minimum Gasteiger partial charge on any atom is -0.436 e. The first-order valence-corrected chi connectivity index (χ1v) is 13.8. The fraction of sp³-hybridized carbons (Fsp3) is 0.542. The lowest BCUT2D eigenvalue weighted by molar-refractivity contribution is -0.110. The highest BCUT2D eigenvalue weighted by Gasteiger charge is 2.46. The molecule has 1 saturated heterocycles. The van der Waals surface area contributed by atoms with Gasteiger partial charge in [-0.2, -0.15) is 0 Å². The van der Waals surface area contributed by atoms with Gasteiger partial charge in [0.15, 0.2) is 11.6 Å². The van der Waals surface area contributed by atoms with Crippen molar-refractivity contribution in [1.82, 2.24) is 15.1 Å². The molecule has 0 bridgehead atoms. The van der Waals surface area contributed by atoms with Crippen LogP contribution >= 0.6 is 20.1 Å². The Balaban J connectivity index is 0.00000107. The molecule has 4 atom stereocenters. The number of nitrogens with two attached hydrogens (primary N) is 1. The summed E-state index contributed by atoms with van der Waals surface area (Å²) in [5, 5.41) is 8.68. The van der Waals surface area contributed by atoms with Crippen molar-refractivity contribution in [1.29, 1.82) is 0 Å². The molecular formula is C24H35ClN7O5P. The van der Waals surface area contributed by atoms with Gasteiger partial charge in [-0.25, -0.2) is 20.9 Å². The maximum atomic E-state index is 11.5. The zero-order valence-electron chi connectivity index (χ0n) is 22.0. The van der Waals surface area contributed by atoms with Crippen molar-refractivity contribution in [3.63, 3.8) is 0 Å². The van der Waals surface area contributed by atoms with E-state index in [0.717, 1.165) is 37.1 Å². The number of anilines is 3. The van der Waals surface area contributed by atoms with Crippen molar-refractivity contribution >= 4 is 43.7 Å². The van der Waals surface area contributed by atoms with Crippen LogP contribution in [0.2, 0.25) is 5.02 Å². The van der Waals surface area contributed by atoms with Crippen molar-refractivity contribution in [2.24, 2.45) is 11.8 Å². The number of hydrogen-bond donors (Lipinski definition) is 3. The highest BCUT2D eigenvalue weighted by Crippen LogP contribution is 2.46. The monoisotopic (exact) mass is 567 g/mol. The first kappa shape index (κ1) is 28.7. The number of nitrogens with zero attached hydrogens (tertiary/aromatic N) is 4. The number of benzene rings is 1. The van der Waals surface area contributed by atoms with E-state index in [1.807, 2.05) is 0 Å². The topological polar surface area (TPSA) is 136 Å². The lowest BCUT2D eigenvalue weighted by atomic mass is 10.1. The third-order valence-corrected chi connectivity index (χ3v) is 7.95. The van der Waals surface area contributed by atoms with Gasteiger partial charge in [0.05, 0.1) is 24.9 Å². The quantitative estimate of drug-likeness (QED) is 0.168. The molecule has 12 nitrogen and oxygen atoms in total. The van der Waals surface area contributed by atoms with Crippen LogP contribution in [0.15, 0.2) is 30.6 Å². The van der Waals surface area contributed by atoms with E-state index >= 15 is 0 Å². The summed E-state index contributed by atoms with van der Waals surface area (Å²) in [5.41, 5.74) is 0.226. The number of carbonyl (C=O) groups is 1. The zero-order valence-corrected chi connectivity index (χ0v) is 23.6. The van der Waals surface area contributed by atoms with Gasteiger partial charge in [-0.05, 0) is 43.5 Å². The lowest BCUT2D eigenvalue weighted by Gasteiger charge is -2.28. The minimum absolute atomic E-state index is 0.135. The van der Waals surface area contributed by atoms with Crippen LogP contribution in [0.3, 0.4) is 0 Å². The summed E-state index contributed by atoms with van der Waals surface area (Å²) in [6, 6.07) is 7.06. The van der Waals surface area contributed by atoms with Crippen LogP contribution in [0.5, 0.6) is 5.75 Å². The molecule has 5 rings (SSSR count). The molecule has 3 heterocycles. The summed E-state index contributed by atoms with van der Waals surface area (Å²) in [4.78, 5) is 22.4. The Morgan fingerprint density at radius 1 is 1.34 bits per heavy atom. The molecule has 1 aliphatic carbocycles. The average Bonchev–Trinajstić information content (AvgIpc) is 3.38. The van der Waals surface area contributed by atoms with E-state index in [4.69, 9.17) is 31.2 Å². The molecule has 1 aromatic heterocycles. The molecule has 1 saturated carbocycles. The number of fused-ring (bicyclic) bond motifs is 1. The number of nitrogens with one attached hydrogen (secondary N) is 2. The van der Waals surface area contributed by atoms with E-state index in [0.29, 0.717) is 29.9 Å². The number of ether oxygens (including phenoxy) is 2. The van der Waals surface area contributed by atoms with Crippen LogP contribution in [0.25, 0.3) is 0 Å². The van der Waals surface area contributed by atoms with Crippen LogP contribution in [-0.4, -0.2) is 68.7 Å². The van der Waals surface area contributed by atoms with Gasteiger partial charge < -0.3 is 33.5 Å². The van der Waals surface area contributed by atoms with E-state index in [1.54, 1.807) is 45.5 Å². The minimum atomic E-state index is -1.56. The van der Waals surface area contributed by atoms with Gasteiger partial charge in [0.25, 0.3) is 0 Å². The number of hydrogen-bond acceptors (Lipinski definition) is 12. The molecule has 14 heteroatoms. The van der Waals surface area contributed by atoms with E-state index in [9.17, 15) is 4.79 Å². The second-order valence-electron chi connectivity index (χ2n) is 9.57. The van der Waals surface area contributed by atoms with E-state index in [1.165, 1.54) is 11.3 Å². The number of rotatable bonds is 10. The van der Waals surface area contributed by atoms with Gasteiger partial charge in [-0.15, -0.1) is 0 Å². The summed E-state index contributed by atoms with van der Waals surface area (Å²) in [5.74, 6) is 8.17. The summed E-state index contributed by atoms with van der Waals surface area (Å²) < 4.78 is 22.8. The second-order valence-corrected chi connectivity index (χ2v) is 11.2. The Morgan fingerprint density at radius 3 is 2.68 bits per heavy atom. The molecule has 4 N–H and O–H groups in total. The zero-order chi connectivity index (χ0) is 27.3. The maximum absolute atomic E-state index is 11.5. The van der Waals surface area contributed by atoms with Crippen molar-refractivity contribution in [2.45, 2.75) is 44.1 Å². The van der Waals surface area contributed by atoms with E-state index in [-0.39, 0.29) is 18.2 Å². The number of halogens is 1. The summed E-state index contributed by atoms with van der Waals surface area (Å²) in [7, 11) is 3.43. The standard InChI is InChI=1S/C22H29ClN7O4P.C2H6O/c1-14-9-17(33-21(14)30-13-27-18-19(29(2)24)25-12-26-20(18)30)10-32-35(28-22(11-31)7-8-22)34-16-5-3-15(23)4-6-16;1-3-2/h3-6,11-12,14,17,21,27-28H,7-10,13,24H2,1-2H3;1-2H3/t14?,17?,21-,35?;/m1./s1. The molecule has 208 valence electrons. The highest BCUT2D eigenvalue weighted by molar-refractivity contribution is 7.45. The van der Waals surface area contributed by atoms with E-state index in [2.05, 4.69) is 36.9 Å². The summed E-state index contributed by atoms with van der Waals surface area (Å²) >= 11 is 5.99. The average molecular weight is 568 g/mol. The molecule has 0 amide bonds. The Labute approximate surface area is 229 Å². The fourth-order valence-electron chi connectivity index (χ4n) is 4.26. The van der Waals surface area contributed by atoms with Crippen LogP contribution in [0.1, 0.15) is 26.2 Å². The fourth-order valence-corrected chi connectivity index (χ4v) is 5.81. The molecule has 2 fully saturated rings. The van der Waals surface area contributed by atoms with Gasteiger partial charge in [0.1, 0.15) is 30.3 Å².